The van der Waals surface area contributed by atoms with Crippen LogP contribution in [0.1, 0.15) is 25.0 Å². The largest absolute Gasteiger partial charge is 0.512 e. The molecule has 0 aliphatic rings. The van der Waals surface area contributed by atoms with Crippen LogP contribution in [0.2, 0.25) is 0 Å². The van der Waals surface area contributed by atoms with E-state index < -0.39 is 40.7 Å². The number of hydrogen-bond acceptors (Lipinski definition) is 3. The van der Waals surface area contributed by atoms with Crippen molar-refractivity contribution in [2.75, 3.05) is 0 Å². The number of rotatable bonds is 3. The molecule has 3 nitrogen and oxygen atoms in total. The lowest BCUT2D eigenvalue weighted by Gasteiger charge is -2.12. The first-order chi connectivity index (χ1) is 10.3. The number of allylic oxidation sites excluding steroid dienone is 2. The monoisotopic (exact) mass is 339 g/mol. The number of aliphatic imine (C=N–C) groups is 1. The summed E-state index contributed by atoms with van der Waals surface area (Å²) in [7, 11) is 0. The van der Waals surface area contributed by atoms with Crippen molar-refractivity contribution < 1.29 is 36.2 Å². The molecule has 0 aromatic heterocycles. The van der Waals surface area contributed by atoms with Crippen LogP contribution in [0.5, 0.6) is 0 Å². The Morgan fingerprint density at radius 1 is 1.00 bits per heavy atom. The minimum absolute atomic E-state index is 0.0297. The van der Waals surface area contributed by atoms with Gasteiger partial charge in [-0.3, -0.25) is 9.79 Å². The van der Waals surface area contributed by atoms with Gasteiger partial charge in [0, 0.05) is 6.21 Å². The highest BCUT2D eigenvalue weighted by atomic mass is 19.4. The molecule has 1 rings (SSSR count). The molecule has 0 radical (unpaired) electrons. The molecular weight excluding hydrogens is 328 g/mol. The van der Waals surface area contributed by atoms with Crippen LogP contribution >= 0.6 is 0 Å². The van der Waals surface area contributed by atoms with Crippen molar-refractivity contribution in [1.29, 1.82) is 0 Å². The van der Waals surface area contributed by atoms with E-state index in [0.29, 0.717) is 18.3 Å². The summed E-state index contributed by atoms with van der Waals surface area (Å²) >= 11 is 0. The molecule has 0 atom stereocenters. The van der Waals surface area contributed by atoms with E-state index in [0.717, 1.165) is 13.8 Å². The molecule has 126 valence electrons. The van der Waals surface area contributed by atoms with Crippen LogP contribution < -0.4 is 0 Å². The minimum Gasteiger partial charge on any atom is -0.512 e. The fourth-order valence-corrected chi connectivity index (χ4v) is 1.59. The number of nitrogens with zero attached hydrogens (tertiary/aromatic N) is 1. The molecule has 0 fully saturated rings. The Morgan fingerprint density at radius 2 is 1.43 bits per heavy atom. The smallest absolute Gasteiger partial charge is 0.416 e. The molecule has 1 aromatic carbocycles. The number of benzene rings is 1. The SMILES string of the molecule is CC(=O)/C(C=Nc1cc(C(F)(F)F)cc(C(F)(F)F)c1)=C(\C)O. The van der Waals surface area contributed by atoms with Crippen molar-refractivity contribution in [2.45, 2.75) is 26.2 Å². The van der Waals surface area contributed by atoms with E-state index in [-0.39, 0.29) is 11.6 Å². The molecule has 0 amide bonds. The molecule has 0 saturated heterocycles. The quantitative estimate of drug-likeness (QED) is 0.370. The van der Waals surface area contributed by atoms with Crippen LogP contribution in [0.3, 0.4) is 0 Å². The third-order valence-corrected chi connectivity index (χ3v) is 2.68. The van der Waals surface area contributed by atoms with E-state index in [1.165, 1.54) is 0 Å². The number of hydrogen-bond donors (Lipinski definition) is 1. The van der Waals surface area contributed by atoms with E-state index >= 15 is 0 Å². The highest BCUT2D eigenvalue weighted by Crippen LogP contribution is 2.38. The summed E-state index contributed by atoms with van der Waals surface area (Å²) in [5, 5.41) is 9.24. The molecule has 9 heteroatoms. The van der Waals surface area contributed by atoms with Crippen molar-refractivity contribution in [2.24, 2.45) is 4.99 Å². The molecule has 0 heterocycles. The van der Waals surface area contributed by atoms with Crippen LogP contribution in [0.25, 0.3) is 0 Å². The summed E-state index contributed by atoms with van der Waals surface area (Å²) in [6.45, 7) is 2.20. The first kappa shape index (κ1) is 18.7. The Labute approximate surface area is 127 Å². The Balaban J connectivity index is 3.42. The van der Waals surface area contributed by atoms with Gasteiger partial charge in [0.1, 0.15) is 5.76 Å². The summed E-state index contributed by atoms with van der Waals surface area (Å²) in [5.41, 5.74) is -4.01. The molecule has 0 saturated carbocycles. The van der Waals surface area contributed by atoms with Crippen molar-refractivity contribution in [3.63, 3.8) is 0 Å². The molecule has 0 unspecified atom stereocenters. The molecular formula is C14H11F6NO2. The maximum atomic E-state index is 12.7. The zero-order valence-electron chi connectivity index (χ0n) is 11.9. The van der Waals surface area contributed by atoms with Crippen LogP contribution in [0.4, 0.5) is 32.0 Å². The van der Waals surface area contributed by atoms with Gasteiger partial charge in [0.05, 0.1) is 22.4 Å². The average molecular weight is 339 g/mol. The normalized spacial score (nSPS) is 14.1. The van der Waals surface area contributed by atoms with Gasteiger partial charge in [-0.15, -0.1) is 0 Å². The van der Waals surface area contributed by atoms with Crippen molar-refractivity contribution >= 4 is 17.7 Å². The predicted octanol–water partition coefficient (Wildman–Crippen LogP) is 4.85. The van der Waals surface area contributed by atoms with Crippen molar-refractivity contribution in [1.82, 2.24) is 0 Å². The zero-order chi connectivity index (χ0) is 18.0. The van der Waals surface area contributed by atoms with E-state index in [9.17, 15) is 36.2 Å². The van der Waals surface area contributed by atoms with Crippen LogP contribution in [0, 0.1) is 0 Å². The maximum Gasteiger partial charge on any atom is 0.416 e. The lowest BCUT2D eigenvalue weighted by atomic mass is 10.1. The van der Waals surface area contributed by atoms with Gasteiger partial charge in [0.15, 0.2) is 5.78 Å². The average Bonchev–Trinajstić information content (AvgIpc) is 2.35. The van der Waals surface area contributed by atoms with Gasteiger partial charge in [-0.1, -0.05) is 0 Å². The lowest BCUT2D eigenvalue weighted by molar-refractivity contribution is -0.143. The number of Topliss-reactive ketones (excluding diaryl/α,β-unsaturated/α-hetero) is 1. The second-order valence-electron chi connectivity index (χ2n) is 4.58. The highest BCUT2D eigenvalue weighted by Gasteiger charge is 2.36. The fourth-order valence-electron chi connectivity index (χ4n) is 1.59. The molecule has 1 aromatic rings. The highest BCUT2D eigenvalue weighted by molar-refractivity contribution is 6.12. The van der Waals surface area contributed by atoms with Gasteiger partial charge in [0.25, 0.3) is 0 Å². The van der Waals surface area contributed by atoms with Crippen LogP contribution in [0.15, 0.2) is 34.5 Å². The van der Waals surface area contributed by atoms with Crippen molar-refractivity contribution in [3.05, 3.63) is 40.7 Å². The first-order valence-electron chi connectivity index (χ1n) is 6.06. The third kappa shape index (κ3) is 5.11. The van der Waals surface area contributed by atoms with E-state index in [1.807, 2.05) is 0 Å². The molecule has 23 heavy (non-hydrogen) atoms. The third-order valence-electron chi connectivity index (χ3n) is 2.68. The van der Waals surface area contributed by atoms with E-state index in [1.54, 1.807) is 0 Å². The Morgan fingerprint density at radius 3 is 1.74 bits per heavy atom. The molecule has 0 aliphatic heterocycles. The minimum atomic E-state index is -4.99. The Bertz CT molecular complexity index is 635. The van der Waals surface area contributed by atoms with E-state index in [4.69, 9.17) is 0 Å². The second-order valence-corrected chi connectivity index (χ2v) is 4.58. The van der Waals surface area contributed by atoms with Gasteiger partial charge in [-0.2, -0.15) is 26.3 Å². The van der Waals surface area contributed by atoms with Gasteiger partial charge in [-0.05, 0) is 32.0 Å². The Hall–Kier alpha value is -2.32. The predicted molar refractivity (Wildman–Crippen MR) is 70.6 cm³/mol. The molecule has 0 spiro atoms. The van der Waals surface area contributed by atoms with Gasteiger partial charge >= 0.3 is 12.4 Å². The van der Waals surface area contributed by atoms with Crippen molar-refractivity contribution in [3.8, 4) is 0 Å². The topological polar surface area (TPSA) is 49.7 Å². The first-order valence-corrected chi connectivity index (χ1v) is 6.06. The molecule has 0 bridgehead atoms. The number of halogens is 6. The number of alkyl halides is 6. The van der Waals surface area contributed by atoms with Gasteiger partial charge in [0.2, 0.25) is 0 Å². The van der Waals surface area contributed by atoms with Gasteiger partial charge < -0.3 is 5.11 Å². The summed E-state index contributed by atoms with van der Waals surface area (Å²) in [6.07, 6.45) is -9.26. The maximum absolute atomic E-state index is 12.7. The Kier molecular flexibility index (Phi) is 5.24. The van der Waals surface area contributed by atoms with E-state index in [2.05, 4.69) is 4.99 Å². The number of aliphatic hydroxyl groups is 1. The van der Waals surface area contributed by atoms with Crippen LogP contribution in [-0.4, -0.2) is 17.1 Å². The fraction of sp³-hybridized carbons (Fsp3) is 0.286. The standard InChI is InChI=1S/C14H11F6NO2/c1-7(22)12(8(2)23)6-21-11-4-9(13(15,16)17)3-10(5-11)14(18,19)20/h3-6,22H,1-2H3/b12-7+,21-6?. The lowest BCUT2D eigenvalue weighted by Crippen LogP contribution is -2.10. The van der Waals surface area contributed by atoms with Crippen LogP contribution in [-0.2, 0) is 17.1 Å². The summed E-state index contributed by atoms with van der Waals surface area (Å²) in [5.74, 6) is -1.10. The summed E-state index contributed by atoms with van der Waals surface area (Å²) < 4.78 is 76.0. The molecule has 0 aliphatic carbocycles. The second kappa shape index (κ2) is 6.43. The summed E-state index contributed by atoms with van der Waals surface area (Å²) in [4.78, 5) is 14.6. The van der Waals surface area contributed by atoms with Gasteiger partial charge in [-0.25, -0.2) is 0 Å². The molecule has 1 N–H and O–H groups in total. The summed E-state index contributed by atoms with van der Waals surface area (Å²) in [6, 6.07) is 0.796. The number of carbonyl (C=O) groups excluding carboxylic acids is 1. The number of aliphatic hydroxyl groups excluding tert-OH is 1. The zero-order valence-corrected chi connectivity index (χ0v) is 11.9. The number of ketones is 1. The number of carbonyl (C=O) groups is 1.